The summed E-state index contributed by atoms with van der Waals surface area (Å²) in [6, 6.07) is 18.7. The van der Waals surface area contributed by atoms with E-state index in [1.54, 1.807) is 6.20 Å². The van der Waals surface area contributed by atoms with Crippen LogP contribution in [-0.4, -0.2) is 56.0 Å². The topological polar surface area (TPSA) is 113 Å². The first kappa shape index (κ1) is 23.2. The Labute approximate surface area is 223 Å². The van der Waals surface area contributed by atoms with Crippen molar-refractivity contribution in [1.82, 2.24) is 24.5 Å². The van der Waals surface area contributed by atoms with Crippen LogP contribution in [0, 0.1) is 0 Å². The first-order valence-corrected chi connectivity index (χ1v) is 12.9. The van der Waals surface area contributed by atoms with Crippen LogP contribution in [0.2, 0.25) is 5.02 Å². The lowest BCUT2D eigenvalue weighted by Gasteiger charge is -2.15. The smallest absolute Gasteiger partial charge is 0.296 e. The van der Waals surface area contributed by atoms with Crippen molar-refractivity contribution < 1.29 is 14.2 Å². The summed E-state index contributed by atoms with van der Waals surface area (Å²) in [6.07, 6.45) is 2.53. The Bertz CT molecular complexity index is 1630. The van der Waals surface area contributed by atoms with Crippen LogP contribution in [0.5, 0.6) is 6.01 Å². The highest BCUT2D eigenvalue weighted by molar-refractivity contribution is 6.33. The molecular weight excluding hydrogens is 504 g/mol. The number of pyridine rings is 1. The van der Waals surface area contributed by atoms with Gasteiger partial charge in [0.15, 0.2) is 17.7 Å². The van der Waals surface area contributed by atoms with Crippen molar-refractivity contribution in [1.29, 1.82) is 0 Å². The standard InChI is InChI=1S/C28H25ClN6O3/c1-35-21(13-31-27(35)30)17-6-2-15(3-7-17)16-4-8-18(9-5-16)24-19(29)12-20-26(33-24)34-28(32-20)38-23-14-37-22-10-11-36-25(22)23/h2-9,12-13,22-23,25H,10-11,14H2,1H3,(H2,30,31)(H,32,33,34). The van der Waals surface area contributed by atoms with E-state index in [9.17, 15) is 0 Å². The third-order valence-electron chi connectivity index (χ3n) is 7.28. The molecular formula is C28H25ClN6O3. The quantitative estimate of drug-likeness (QED) is 0.335. The molecule has 0 radical (unpaired) electrons. The number of hydrogen-bond donors (Lipinski definition) is 2. The number of imidazole rings is 2. The van der Waals surface area contributed by atoms with Gasteiger partial charge in [-0.05, 0) is 29.2 Å². The lowest BCUT2D eigenvalue weighted by molar-refractivity contribution is 0.0273. The first-order valence-electron chi connectivity index (χ1n) is 12.5. The van der Waals surface area contributed by atoms with Gasteiger partial charge in [0.1, 0.15) is 6.10 Å². The van der Waals surface area contributed by atoms with Crippen LogP contribution in [0.1, 0.15) is 6.42 Å². The molecule has 10 heteroatoms. The first-order chi connectivity index (χ1) is 18.5. The van der Waals surface area contributed by atoms with Crippen LogP contribution < -0.4 is 10.5 Å². The summed E-state index contributed by atoms with van der Waals surface area (Å²) in [4.78, 5) is 16.6. The molecule has 5 heterocycles. The van der Waals surface area contributed by atoms with Gasteiger partial charge in [0.2, 0.25) is 0 Å². The van der Waals surface area contributed by atoms with Gasteiger partial charge in [-0.15, -0.1) is 0 Å². The highest BCUT2D eigenvalue weighted by atomic mass is 35.5. The van der Waals surface area contributed by atoms with Gasteiger partial charge in [-0.1, -0.05) is 60.1 Å². The number of nitrogen functional groups attached to an aromatic ring is 1. The molecule has 192 valence electrons. The van der Waals surface area contributed by atoms with E-state index in [0.29, 0.717) is 47.1 Å². The molecule has 0 amide bonds. The van der Waals surface area contributed by atoms with E-state index in [-0.39, 0.29) is 18.3 Å². The lowest BCUT2D eigenvalue weighted by Crippen LogP contribution is -2.32. The largest absolute Gasteiger partial charge is 0.456 e. The number of halogens is 1. The minimum atomic E-state index is -0.193. The summed E-state index contributed by atoms with van der Waals surface area (Å²) in [5, 5.41) is 0.531. The number of aromatic amines is 1. The zero-order valence-corrected chi connectivity index (χ0v) is 21.4. The molecule has 3 unspecified atom stereocenters. The average Bonchev–Trinajstić information content (AvgIpc) is 3.71. The second kappa shape index (κ2) is 9.13. The minimum Gasteiger partial charge on any atom is -0.456 e. The molecule has 2 saturated heterocycles. The molecule has 2 fully saturated rings. The molecule has 38 heavy (non-hydrogen) atoms. The van der Waals surface area contributed by atoms with Crippen LogP contribution in [0.3, 0.4) is 0 Å². The van der Waals surface area contributed by atoms with E-state index in [2.05, 4.69) is 51.4 Å². The Balaban J connectivity index is 1.11. The number of anilines is 1. The average molecular weight is 529 g/mol. The van der Waals surface area contributed by atoms with Crippen molar-refractivity contribution in [2.75, 3.05) is 18.9 Å². The van der Waals surface area contributed by atoms with Crippen molar-refractivity contribution >= 4 is 28.7 Å². The zero-order chi connectivity index (χ0) is 25.8. The highest BCUT2D eigenvalue weighted by Crippen LogP contribution is 2.33. The van der Waals surface area contributed by atoms with Gasteiger partial charge in [0.05, 0.1) is 40.8 Å². The van der Waals surface area contributed by atoms with Gasteiger partial charge in [0.25, 0.3) is 6.01 Å². The van der Waals surface area contributed by atoms with Crippen LogP contribution in [0.15, 0.2) is 60.8 Å². The minimum absolute atomic E-state index is 0.0565. The van der Waals surface area contributed by atoms with E-state index >= 15 is 0 Å². The van der Waals surface area contributed by atoms with Crippen LogP contribution >= 0.6 is 11.6 Å². The molecule has 3 N–H and O–H groups in total. The fraction of sp³-hybridized carbons (Fsp3) is 0.250. The van der Waals surface area contributed by atoms with Gasteiger partial charge in [-0.2, -0.15) is 4.98 Å². The van der Waals surface area contributed by atoms with E-state index in [1.807, 2.05) is 29.8 Å². The molecule has 3 atom stereocenters. The molecule has 0 aliphatic carbocycles. The summed E-state index contributed by atoms with van der Waals surface area (Å²) in [5.41, 5.74) is 12.9. The number of benzene rings is 2. The molecule has 2 aliphatic heterocycles. The van der Waals surface area contributed by atoms with Crippen molar-refractivity contribution in [3.8, 4) is 39.7 Å². The number of ether oxygens (including phenoxy) is 3. The maximum atomic E-state index is 6.63. The molecule has 0 spiro atoms. The maximum Gasteiger partial charge on any atom is 0.296 e. The number of H-pyrrole nitrogens is 1. The Morgan fingerprint density at radius 3 is 2.42 bits per heavy atom. The number of aromatic nitrogens is 5. The number of nitrogens with one attached hydrogen (secondary N) is 1. The number of nitrogens with two attached hydrogens (primary N) is 1. The Morgan fingerprint density at radius 2 is 1.71 bits per heavy atom. The third kappa shape index (κ3) is 3.99. The van der Waals surface area contributed by atoms with Crippen LogP contribution in [-0.2, 0) is 16.5 Å². The molecule has 0 bridgehead atoms. The fourth-order valence-corrected chi connectivity index (χ4v) is 5.44. The summed E-state index contributed by atoms with van der Waals surface area (Å²) in [7, 11) is 1.90. The normalized spacial score (nSPS) is 20.7. The summed E-state index contributed by atoms with van der Waals surface area (Å²) >= 11 is 6.63. The Kier molecular flexibility index (Phi) is 5.57. The summed E-state index contributed by atoms with van der Waals surface area (Å²) < 4.78 is 19.5. The molecule has 0 saturated carbocycles. The lowest BCUT2D eigenvalue weighted by atomic mass is 10.0. The van der Waals surface area contributed by atoms with E-state index in [4.69, 9.17) is 36.5 Å². The van der Waals surface area contributed by atoms with E-state index < -0.39 is 0 Å². The Hall–Kier alpha value is -3.92. The van der Waals surface area contributed by atoms with Crippen LogP contribution in [0.25, 0.3) is 44.8 Å². The third-order valence-corrected chi connectivity index (χ3v) is 7.57. The highest BCUT2D eigenvalue weighted by Gasteiger charge is 2.43. The zero-order valence-electron chi connectivity index (χ0n) is 20.6. The molecule has 2 aliphatic rings. The molecule has 7 rings (SSSR count). The van der Waals surface area contributed by atoms with Gasteiger partial charge in [-0.3, -0.25) is 0 Å². The van der Waals surface area contributed by atoms with E-state index in [1.165, 1.54) is 0 Å². The van der Waals surface area contributed by atoms with Gasteiger partial charge < -0.3 is 29.5 Å². The van der Waals surface area contributed by atoms with Gasteiger partial charge in [0, 0.05) is 19.2 Å². The fourth-order valence-electron chi connectivity index (χ4n) is 5.17. The maximum absolute atomic E-state index is 6.63. The number of hydrogen-bond acceptors (Lipinski definition) is 7. The van der Waals surface area contributed by atoms with Crippen LogP contribution in [0.4, 0.5) is 5.95 Å². The number of fused-ring (bicyclic) bond motifs is 2. The summed E-state index contributed by atoms with van der Waals surface area (Å²) in [6.45, 7) is 1.18. The number of nitrogens with zero attached hydrogens (tertiary/aromatic N) is 4. The SMILES string of the molecule is Cn1c(-c2ccc(-c3ccc(-c4nc5nc(OC6COC7CCOC76)[nH]c5cc4Cl)cc3)cc2)cnc1N. The number of rotatable bonds is 5. The monoisotopic (exact) mass is 528 g/mol. The van der Waals surface area contributed by atoms with Gasteiger partial charge in [-0.25, -0.2) is 9.97 Å². The molecule has 9 nitrogen and oxygen atoms in total. The predicted octanol–water partition coefficient (Wildman–Crippen LogP) is 4.86. The van der Waals surface area contributed by atoms with Gasteiger partial charge >= 0.3 is 0 Å². The second-order valence-electron chi connectivity index (χ2n) is 9.60. The molecule has 2 aromatic carbocycles. The van der Waals surface area contributed by atoms with Crippen molar-refractivity contribution in [3.05, 3.63) is 65.8 Å². The summed E-state index contributed by atoms with van der Waals surface area (Å²) in [5.74, 6) is 0.490. The van der Waals surface area contributed by atoms with E-state index in [0.717, 1.165) is 34.4 Å². The predicted molar refractivity (Wildman–Crippen MR) is 145 cm³/mol. The van der Waals surface area contributed by atoms with Crippen molar-refractivity contribution in [2.45, 2.75) is 24.7 Å². The van der Waals surface area contributed by atoms with Crippen molar-refractivity contribution in [2.24, 2.45) is 7.05 Å². The van der Waals surface area contributed by atoms with Crippen molar-refractivity contribution in [3.63, 3.8) is 0 Å². The Morgan fingerprint density at radius 1 is 1.00 bits per heavy atom. The molecule has 3 aromatic heterocycles. The molecule has 5 aromatic rings. The second-order valence-corrected chi connectivity index (χ2v) is 10.0.